The van der Waals surface area contributed by atoms with E-state index in [1.54, 1.807) is 0 Å². The van der Waals surface area contributed by atoms with Crippen molar-refractivity contribution in [1.82, 2.24) is 20.4 Å². The molecule has 5 aliphatic carbocycles. The van der Waals surface area contributed by atoms with E-state index in [9.17, 15) is 14.7 Å². The lowest BCUT2D eigenvalue weighted by Crippen LogP contribution is -2.59. The minimum atomic E-state index is -0.357. The minimum Gasteiger partial charge on any atom is -0.466 e. The molecule has 0 aromatic rings. The number of ether oxygens (including phenoxy) is 1. The fourth-order valence-electron chi connectivity index (χ4n) is 13.1. The Morgan fingerprint density at radius 1 is 0.646 bits per heavy atom. The third-order valence-corrected chi connectivity index (χ3v) is 14.8. The van der Waals surface area contributed by atoms with Crippen molar-refractivity contribution in [3.05, 3.63) is 0 Å². The van der Waals surface area contributed by atoms with Crippen LogP contribution in [-0.2, 0) is 14.3 Å². The van der Waals surface area contributed by atoms with Gasteiger partial charge in [0.2, 0.25) is 5.78 Å². The highest BCUT2D eigenvalue weighted by Crippen LogP contribution is 2.51. The van der Waals surface area contributed by atoms with Gasteiger partial charge in [-0.05, 0) is 121 Å². The molecule has 0 aromatic carbocycles. The van der Waals surface area contributed by atoms with E-state index in [0.717, 1.165) is 68.6 Å². The summed E-state index contributed by atoms with van der Waals surface area (Å²) >= 11 is 0. The Hall–Kier alpha value is -1.66. The number of fused-ring (bicyclic) bond motifs is 6. The zero-order valence-corrected chi connectivity index (χ0v) is 30.1. The maximum absolute atomic E-state index is 13.7. The van der Waals surface area contributed by atoms with Gasteiger partial charge in [-0.2, -0.15) is 0 Å². The quantitative estimate of drug-likeness (QED) is 0.227. The summed E-state index contributed by atoms with van der Waals surface area (Å²) in [6.07, 6.45) is 20.8. The smallest absolute Gasteiger partial charge is 0.310 e. The average Bonchev–Trinajstić information content (AvgIpc) is 3.60. The molecule has 14 atom stereocenters. The van der Waals surface area contributed by atoms with Crippen LogP contribution in [0.1, 0.15) is 124 Å². The Morgan fingerprint density at radius 2 is 1.12 bits per heavy atom. The Morgan fingerprint density at radius 3 is 1.62 bits per heavy atom. The van der Waals surface area contributed by atoms with Crippen molar-refractivity contribution < 1.29 is 19.4 Å². The summed E-state index contributed by atoms with van der Waals surface area (Å²) in [7, 11) is 0. The van der Waals surface area contributed by atoms with Crippen molar-refractivity contribution in [3.8, 4) is 12.0 Å². The number of nitrogens with zero attached hydrogens (tertiary/aromatic N) is 2. The molecule has 14 unspecified atom stereocenters. The van der Waals surface area contributed by atoms with Gasteiger partial charge in [-0.25, -0.2) is 0 Å². The molecule has 0 bridgehead atoms. The number of carbonyl (C=O) groups excluding carboxylic acids is 2. The Kier molecular flexibility index (Phi) is 11.1. The van der Waals surface area contributed by atoms with Crippen LogP contribution in [0.3, 0.4) is 0 Å². The van der Waals surface area contributed by atoms with Gasteiger partial charge in [0.15, 0.2) is 0 Å². The number of rotatable bonds is 9. The maximum Gasteiger partial charge on any atom is 0.310 e. The summed E-state index contributed by atoms with van der Waals surface area (Å²) in [4.78, 5) is 32.9. The molecule has 2 heterocycles. The second-order valence-corrected chi connectivity index (χ2v) is 16.8. The summed E-state index contributed by atoms with van der Waals surface area (Å²) in [6.45, 7) is 9.23. The van der Waals surface area contributed by atoms with Crippen LogP contribution in [0.2, 0.25) is 0 Å². The maximum atomic E-state index is 13.7. The number of aliphatic hydroxyl groups excluding tert-OH is 1. The number of likely N-dealkylation sites (tertiary alicyclic amines) is 2. The average molecular weight is 665 g/mol. The molecule has 7 fully saturated rings. The normalized spacial score (nSPS) is 44.4. The van der Waals surface area contributed by atoms with Crippen molar-refractivity contribution >= 4 is 11.8 Å². The van der Waals surface area contributed by atoms with E-state index < -0.39 is 0 Å². The first-order valence-electron chi connectivity index (χ1n) is 20.3. The number of Topliss-reactive ketones (excluding diaryl/α,β-unsaturated/α-hetero) is 1. The summed E-state index contributed by atoms with van der Waals surface area (Å²) in [5, 5.41) is 17.5. The van der Waals surface area contributed by atoms with Gasteiger partial charge in [0.05, 0.1) is 12.5 Å². The molecule has 48 heavy (non-hydrogen) atoms. The highest BCUT2D eigenvalue weighted by Gasteiger charge is 2.53. The molecule has 2 saturated heterocycles. The minimum absolute atomic E-state index is 0.129. The molecule has 0 radical (unpaired) electrons. The molecular weight excluding hydrogens is 600 g/mol. The summed E-state index contributed by atoms with van der Waals surface area (Å²) in [5.41, 5.74) is 0. The van der Waals surface area contributed by atoms with Crippen molar-refractivity contribution in [3.63, 3.8) is 0 Å². The van der Waals surface area contributed by atoms with E-state index in [-0.39, 0.29) is 35.7 Å². The van der Waals surface area contributed by atoms with Crippen molar-refractivity contribution in [2.75, 3.05) is 19.7 Å². The number of carbonyl (C=O) groups is 2. The van der Waals surface area contributed by atoms with Crippen LogP contribution in [0.5, 0.6) is 0 Å². The molecule has 7 rings (SSSR count). The predicted molar refractivity (Wildman–Crippen MR) is 187 cm³/mol. The lowest BCUT2D eigenvalue weighted by molar-refractivity contribution is -0.152. The summed E-state index contributed by atoms with van der Waals surface area (Å²) in [6, 6.07) is 3.28. The number of aliphatic hydroxyl groups is 1. The van der Waals surface area contributed by atoms with Crippen molar-refractivity contribution in [1.29, 1.82) is 0 Å². The molecule has 0 spiro atoms. The molecule has 2 aliphatic heterocycles. The van der Waals surface area contributed by atoms with Crippen LogP contribution >= 0.6 is 0 Å². The first-order chi connectivity index (χ1) is 23.4. The highest BCUT2D eigenvalue weighted by atomic mass is 16.5. The molecule has 3 N–H and O–H groups in total. The fraction of sp³-hybridized carbons (Fsp3) is 0.900. The molecular formula is C40H64N4O4. The zero-order valence-electron chi connectivity index (χ0n) is 30.1. The van der Waals surface area contributed by atoms with Gasteiger partial charge in [0, 0.05) is 60.2 Å². The Bertz CT molecular complexity index is 1190. The number of esters is 1. The topological polar surface area (TPSA) is 94.1 Å². The summed E-state index contributed by atoms with van der Waals surface area (Å²) < 4.78 is 5.72. The van der Waals surface area contributed by atoms with Gasteiger partial charge in [0.1, 0.15) is 6.11 Å². The van der Waals surface area contributed by atoms with Gasteiger partial charge in [-0.15, -0.1) is 0 Å². The predicted octanol–water partition coefficient (Wildman–Crippen LogP) is 5.26. The third-order valence-electron chi connectivity index (χ3n) is 14.8. The van der Waals surface area contributed by atoms with Crippen LogP contribution < -0.4 is 10.6 Å². The molecule has 5 saturated carbocycles. The Balaban J connectivity index is 1.06. The van der Waals surface area contributed by atoms with Crippen molar-refractivity contribution in [2.45, 2.75) is 172 Å². The lowest BCUT2D eigenvalue weighted by atomic mass is 9.69. The van der Waals surface area contributed by atoms with Crippen LogP contribution in [0, 0.1) is 47.5 Å². The molecule has 268 valence electrons. The second-order valence-electron chi connectivity index (χ2n) is 16.8. The van der Waals surface area contributed by atoms with Crippen LogP contribution in [0.15, 0.2) is 0 Å². The number of ketones is 1. The fourth-order valence-corrected chi connectivity index (χ4v) is 13.1. The van der Waals surface area contributed by atoms with Crippen molar-refractivity contribution in [2.24, 2.45) is 35.5 Å². The largest absolute Gasteiger partial charge is 0.466 e. The van der Waals surface area contributed by atoms with E-state index in [1.165, 1.54) is 64.2 Å². The standard InChI is InChI=1S/C40H64N4O4/c1-4-43-35-13-9-7-11-27(35)29-21-25(15-17-37(29)43)41-33-24-32(40(47)48-6-3)34(23-31(33)39(46)19-20-45)42-26-16-18-38-30(22-26)28-12-8-10-14-36(28)44(38)5-2/h25-38,41-42,45H,4-18,21-24H2,1-3H3. The molecule has 0 aromatic heterocycles. The molecule has 7 aliphatic rings. The number of hydrogen-bond acceptors (Lipinski definition) is 8. The highest BCUT2D eigenvalue weighted by molar-refractivity contribution is 5.97. The monoisotopic (exact) mass is 664 g/mol. The number of hydrogen-bond donors (Lipinski definition) is 3. The van der Waals surface area contributed by atoms with E-state index >= 15 is 0 Å². The van der Waals surface area contributed by atoms with Gasteiger partial charge in [-0.1, -0.05) is 39.5 Å². The molecule has 8 nitrogen and oxygen atoms in total. The zero-order chi connectivity index (χ0) is 33.4. The van der Waals surface area contributed by atoms with E-state index in [4.69, 9.17) is 4.74 Å². The third kappa shape index (κ3) is 6.60. The number of nitrogens with one attached hydrogen (secondary N) is 2. The van der Waals surface area contributed by atoms with Gasteiger partial charge in [-0.3, -0.25) is 19.4 Å². The first kappa shape index (κ1) is 34.8. The van der Waals surface area contributed by atoms with Gasteiger partial charge >= 0.3 is 5.97 Å². The van der Waals surface area contributed by atoms with Gasteiger partial charge in [0.25, 0.3) is 0 Å². The molecule has 8 heteroatoms. The van der Waals surface area contributed by atoms with E-state index in [1.807, 2.05) is 13.0 Å². The molecule has 0 amide bonds. The van der Waals surface area contributed by atoms with Crippen LogP contribution in [0.4, 0.5) is 0 Å². The van der Waals surface area contributed by atoms with E-state index in [2.05, 4.69) is 40.2 Å². The van der Waals surface area contributed by atoms with Crippen LogP contribution in [-0.4, -0.2) is 94.7 Å². The SMILES string of the molecule is CCOC(=O)C1CC(NC2CCC3C(C2)C2CCCCC2N3CC)C(C(=O)C#CO)CC1NC1CCC2C(C1)C1CCCCC1N2CC. The Labute approximate surface area is 290 Å². The lowest BCUT2D eigenvalue weighted by Gasteiger charge is -2.45. The summed E-state index contributed by atoms with van der Waals surface area (Å²) in [5.74, 6) is 4.53. The van der Waals surface area contributed by atoms with E-state index in [0.29, 0.717) is 49.5 Å². The second kappa shape index (κ2) is 15.3. The first-order valence-corrected chi connectivity index (χ1v) is 20.3. The van der Waals surface area contributed by atoms with Gasteiger partial charge < -0.3 is 20.5 Å². The van der Waals surface area contributed by atoms with Crippen LogP contribution in [0.25, 0.3) is 0 Å².